The van der Waals surface area contributed by atoms with Gasteiger partial charge in [-0.1, -0.05) is 6.07 Å². The summed E-state index contributed by atoms with van der Waals surface area (Å²) < 4.78 is 10.5. The van der Waals surface area contributed by atoms with Gasteiger partial charge in [-0.3, -0.25) is 10.1 Å². The molecule has 132 valence electrons. The standard InChI is InChI=1S/C17H24N2O5/c1-16(2,3)24-15(22)19-11-6-5-10(9-12(11)23-4)17(7-8-17)13(18)14(20)21/h5-6,9,13H,7-8,18H2,1-4H3,(H,19,22)(H,20,21). The Morgan fingerprint density at radius 1 is 1.33 bits per heavy atom. The molecule has 0 spiro atoms. The molecule has 1 unspecified atom stereocenters. The van der Waals surface area contributed by atoms with Crippen molar-refractivity contribution in [3.8, 4) is 5.75 Å². The number of carboxylic acid groups (broad SMARTS) is 1. The number of hydrogen-bond donors (Lipinski definition) is 3. The molecule has 1 amide bonds. The normalized spacial score (nSPS) is 16.9. The first-order valence-electron chi connectivity index (χ1n) is 7.76. The van der Waals surface area contributed by atoms with Crippen molar-refractivity contribution in [2.75, 3.05) is 12.4 Å². The van der Waals surface area contributed by atoms with Crippen LogP contribution in [0, 0.1) is 0 Å². The summed E-state index contributed by atoms with van der Waals surface area (Å²) in [6.45, 7) is 5.32. The van der Waals surface area contributed by atoms with Crippen LogP contribution in [-0.4, -0.2) is 35.9 Å². The number of hydrogen-bond acceptors (Lipinski definition) is 5. The lowest BCUT2D eigenvalue weighted by molar-refractivity contribution is -0.139. The zero-order valence-electron chi connectivity index (χ0n) is 14.4. The third-order valence-corrected chi connectivity index (χ3v) is 4.06. The minimum absolute atomic E-state index is 0.433. The van der Waals surface area contributed by atoms with E-state index in [4.69, 9.17) is 15.2 Å². The lowest BCUT2D eigenvalue weighted by Gasteiger charge is -2.23. The Morgan fingerprint density at radius 2 is 1.96 bits per heavy atom. The molecular weight excluding hydrogens is 312 g/mol. The second-order valence-electron chi connectivity index (χ2n) is 7.01. The first-order chi connectivity index (χ1) is 11.1. The summed E-state index contributed by atoms with van der Waals surface area (Å²) in [5.74, 6) is -0.593. The van der Waals surface area contributed by atoms with E-state index in [1.54, 1.807) is 39.0 Å². The fourth-order valence-electron chi connectivity index (χ4n) is 2.67. The molecule has 0 bridgehead atoms. The van der Waals surface area contributed by atoms with Gasteiger partial charge in [0, 0.05) is 5.41 Å². The number of nitrogens with one attached hydrogen (secondary N) is 1. The number of methoxy groups -OCH3 is 1. The zero-order valence-corrected chi connectivity index (χ0v) is 14.4. The first-order valence-corrected chi connectivity index (χ1v) is 7.76. The Balaban J connectivity index is 2.23. The molecule has 1 fully saturated rings. The summed E-state index contributed by atoms with van der Waals surface area (Å²) in [6.07, 6.45) is 0.835. The first kappa shape index (κ1) is 18.1. The van der Waals surface area contributed by atoms with Gasteiger partial charge in [-0.25, -0.2) is 4.79 Å². The van der Waals surface area contributed by atoms with Crippen LogP contribution in [0.5, 0.6) is 5.75 Å². The highest BCUT2D eigenvalue weighted by atomic mass is 16.6. The number of anilines is 1. The fourth-order valence-corrected chi connectivity index (χ4v) is 2.67. The molecule has 1 aromatic carbocycles. The number of amides is 1. The van der Waals surface area contributed by atoms with E-state index in [2.05, 4.69) is 5.32 Å². The van der Waals surface area contributed by atoms with Crippen molar-refractivity contribution >= 4 is 17.7 Å². The third kappa shape index (κ3) is 3.79. The largest absolute Gasteiger partial charge is 0.495 e. The molecule has 7 nitrogen and oxygen atoms in total. The van der Waals surface area contributed by atoms with Gasteiger partial charge in [-0.2, -0.15) is 0 Å². The van der Waals surface area contributed by atoms with Crippen LogP contribution in [0.15, 0.2) is 18.2 Å². The highest BCUT2D eigenvalue weighted by molar-refractivity contribution is 5.87. The van der Waals surface area contributed by atoms with Crippen molar-refractivity contribution in [2.24, 2.45) is 5.73 Å². The lowest BCUT2D eigenvalue weighted by atomic mass is 9.88. The Bertz CT molecular complexity index is 647. The molecule has 1 atom stereocenters. The van der Waals surface area contributed by atoms with Crippen molar-refractivity contribution < 1.29 is 24.2 Å². The van der Waals surface area contributed by atoms with Crippen LogP contribution >= 0.6 is 0 Å². The molecule has 7 heteroatoms. The van der Waals surface area contributed by atoms with E-state index in [1.165, 1.54) is 7.11 Å². The van der Waals surface area contributed by atoms with Crippen LogP contribution in [0.4, 0.5) is 10.5 Å². The van der Waals surface area contributed by atoms with Gasteiger partial charge in [0.05, 0.1) is 12.8 Å². The molecule has 1 aliphatic rings. The summed E-state index contributed by atoms with van der Waals surface area (Å²) >= 11 is 0. The molecule has 2 rings (SSSR count). The van der Waals surface area contributed by atoms with Crippen LogP contribution < -0.4 is 15.8 Å². The monoisotopic (exact) mass is 336 g/mol. The van der Waals surface area contributed by atoms with Gasteiger partial charge in [-0.15, -0.1) is 0 Å². The lowest BCUT2D eigenvalue weighted by Crippen LogP contribution is -2.42. The topological polar surface area (TPSA) is 111 Å². The van der Waals surface area contributed by atoms with Crippen LogP contribution in [0.3, 0.4) is 0 Å². The second kappa shape index (κ2) is 6.32. The summed E-state index contributed by atoms with van der Waals surface area (Å²) in [4.78, 5) is 23.1. The minimum Gasteiger partial charge on any atom is -0.495 e. The van der Waals surface area contributed by atoms with E-state index in [1.807, 2.05) is 0 Å². The quantitative estimate of drug-likeness (QED) is 0.762. The number of ether oxygens (including phenoxy) is 2. The van der Waals surface area contributed by atoms with Gasteiger partial charge in [0.15, 0.2) is 0 Å². The van der Waals surface area contributed by atoms with Crippen LogP contribution in [-0.2, 0) is 14.9 Å². The summed E-state index contributed by atoms with van der Waals surface area (Å²) in [6, 6.07) is 4.20. The van der Waals surface area contributed by atoms with Crippen LogP contribution in [0.25, 0.3) is 0 Å². The highest BCUT2D eigenvalue weighted by Crippen LogP contribution is 2.51. The zero-order chi connectivity index (χ0) is 18.1. The van der Waals surface area contributed by atoms with E-state index in [0.29, 0.717) is 24.3 Å². The van der Waals surface area contributed by atoms with Crippen LogP contribution in [0.2, 0.25) is 0 Å². The van der Waals surface area contributed by atoms with Gasteiger partial charge in [0.2, 0.25) is 0 Å². The maximum atomic E-state index is 11.9. The van der Waals surface area contributed by atoms with E-state index in [0.717, 1.165) is 5.56 Å². The Morgan fingerprint density at radius 3 is 2.42 bits per heavy atom. The number of carbonyl (C=O) groups excluding carboxylic acids is 1. The summed E-state index contributed by atoms with van der Waals surface area (Å²) in [7, 11) is 1.48. The van der Waals surface area contributed by atoms with Gasteiger partial charge in [-0.05, 0) is 51.3 Å². The van der Waals surface area contributed by atoms with Crippen molar-refractivity contribution in [1.29, 1.82) is 0 Å². The smallest absolute Gasteiger partial charge is 0.412 e. The molecule has 4 N–H and O–H groups in total. The molecule has 0 aliphatic heterocycles. The molecule has 0 heterocycles. The number of benzene rings is 1. The maximum Gasteiger partial charge on any atom is 0.412 e. The van der Waals surface area contributed by atoms with E-state index in [9.17, 15) is 14.7 Å². The van der Waals surface area contributed by atoms with E-state index < -0.39 is 29.1 Å². The second-order valence-corrected chi connectivity index (χ2v) is 7.01. The SMILES string of the molecule is COc1cc(C2(C(N)C(=O)O)CC2)ccc1NC(=O)OC(C)(C)C. The summed E-state index contributed by atoms with van der Waals surface area (Å²) in [5.41, 5.74) is 5.91. The molecule has 1 aromatic rings. The molecule has 0 saturated heterocycles. The van der Waals surface area contributed by atoms with E-state index >= 15 is 0 Å². The van der Waals surface area contributed by atoms with Crippen molar-refractivity contribution in [3.63, 3.8) is 0 Å². The van der Waals surface area contributed by atoms with Gasteiger partial charge in [0.1, 0.15) is 17.4 Å². The predicted octanol–water partition coefficient (Wildman–Crippen LogP) is 2.49. The fraction of sp³-hybridized carbons (Fsp3) is 0.529. The molecule has 0 radical (unpaired) electrons. The molecular formula is C17H24N2O5. The number of carbonyl (C=O) groups is 2. The predicted molar refractivity (Wildman–Crippen MR) is 89.4 cm³/mol. The number of carboxylic acids is 1. The highest BCUT2D eigenvalue weighted by Gasteiger charge is 2.52. The Kier molecular flexibility index (Phi) is 4.75. The van der Waals surface area contributed by atoms with Crippen LogP contribution in [0.1, 0.15) is 39.2 Å². The maximum absolute atomic E-state index is 11.9. The van der Waals surface area contributed by atoms with Gasteiger partial charge in [0.25, 0.3) is 0 Å². The van der Waals surface area contributed by atoms with Gasteiger partial charge >= 0.3 is 12.1 Å². The van der Waals surface area contributed by atoms with E-state index in [-0.39, 0.29) is 0 Å². The van der Waals surface area contributed by atoms with Crippen molar-refractivity contribution in [2.45, 2.75) is 50.7 Å². The van der Waals surface area contributed by atoms with Crippen molar-refractivity contribution in [1.82, 2.24) is 0 Å². The summed E-state index contributed by atoms with van der Waals surface area (Å²) in [5, 5.41) is 11.8. The number of nitrogens with two attached hydrogens (primary N) is 1. The average Bonchev–Trinajstić information content (AvgIpc) is 3.26. The minimum atomic E-state index is -1.03. The molecule has 0 aromatic heterocycles. The Labute approximate surface area is 141 Å². The number of rotatable bonds is 5. The Hall–Kier alpha value is -2.28. The third-order valence-electron chi connectivity index (χ3n) is 4.06. The average molecular weight is 336 g/mol. The van der Waals surface area contributed by atoms with Gasteiger partial charge < -0.3 is 20.3 Å². The molecule has 1 aliphatic carbocycles. The number of aliphatic carboxylic acids is 1. The molecule has 1 saturated carbocycles. The molecule has 24 heavy (non-hydrogen) atoms. The van der Waals surface area contributed by atoms with Crippen molar-refractivity contribution in [3.05, 3.63) is 23.8 Å².